The van der Waals surface area contributed by atoms with E-state index >= 15 is 0 Å². The van der Waals surface area contributed by atoms with Crippen molar-refractivity contribution in [2.45, 2.75) is 51.2 Å². The summed E-state index contributed by atoms with van der Waals surface area (Å²) in [6.45, 7) is 7.65. The third kappa shape index (κ3) is 5.26. The Bertz CT molecular complexity index is 1350. The highest BCUT2D eigenvalue weighted by Crippen LogP contribution is 2.40. The van der Waals surface area contributed by atoms with Gasteiger partial charge in [0.1, 0.15) is 17.4 Å². The number of halogens is 1. The number of anilines is 2. The summed E-state index contributed by atoms with van der Waals surface area (Å²) in [5, 5.41) is 9.36. The quantitative estimate of drug-likeness (QED) is 0.446. The lowest BCUT2D eigenvalue weighted by molar-refractivity contribution is -0.139. The van der Waals surface area contributed by atoms with Crippen molar-refractivity contribution in [3.63, 3.8) is 0 Å². The first kappa shape index (κ1) is 28.5. The fourth-order valence-corrected chi connectivity index (χ4v) is 5.80. The number of likely N-dealkylation sites (tertiary alicyclic amines) is 1. The number of amides is 5. The molecule has 11 heteroatoms. The van der Waals surface area contributed by atoms with E-state index in [9.17, 15) is 23.6 Å². The van der Waals surface area contributed by atoms with Gasteiger partial charge in [0.15, 0.2) is 0 Å². The number of carbonyl (C=O) groups excluding carboxylic acids is 4. The SMILES string of the molecule is Cc1ccc(F)c(C(=O)N[C@@H](C(=O)N2CCC3(CC2)C(=O)N(C)C(=O)N3c2ccc(NC3CNC3)cc2)C(C)C)c1. The second-order valence-corrected chi connectivity index (χ2v) is 11.6. The lowest BCUT2D eigenvalue weighted by Crippen LogP contribution is -2.60. The summed E-state index contributed by atoms with van der Waals surface area (Å²) in [5.41, 5.74) is 1.08. The Morgan fingerprint density at radius 2 is 1.71 bits per heavy atom. The number of urea groups is 1. The molecular weight excluding hydrogens is 527 g/mol. The molecule has 2 aromatic rings. The molecule has 0 bridgehead atoms. The lowest BCUT2D eigenvalue weighted by atomic mass is 9.85. The number of nitrogens with zero attached hydrogens (tertiary/aromatic N) is 3. The van der Waals surface area contributed by atoms with Crippen molar-refractivity contribution in [1.29, 1.82) is 0 Å². The van der Waals surface area contributed by atoms with E-state index < -0.39 is 29.3 Å². The van der Waals surface area contributed by atoms with Crippen molar-refractivity contribution in [3.05, 3.63) is 59.4 Å². The summed E-state index contributed by atoms with van der Waals surface area (Å²) in [5.74, 6) is -2.15. The molecule has 5 rings (SSSR count). The molecule has 3 saturated heterocycles. The molecule has 3 fully saturated rings. The number of piperidine rings is 1. The molecule has 3 N–H and O–H groups in total. The molecule has 0 saturated carbocycles. The van der Waals surface area contributed by atoms with E-state index in [-0.39, 0.29) is 49.2 Å². The zero-order chi connectivity index (χ0) is 29.5. The fourth-order valence-electron chi connectivity index (χ4n) is 5.80. The summed E-state index contributed by atoms with van der Waals surface area (Å²) in [6.07, 6.45) is 0.513. The maximum Gasteiger partial charge on any atom is 0.331 e. The molecular formula is C30H37FN6O4. The Balaban J connectivity index is 1.31. The molecule has 2 aromatic carbocycles. The Hall–Kier alpha value is -3.99. The summed E-state index contributed by atoms with van der Waals surface area (Å²) in [4.78, 5) is 57.6. The Labute approximate surface area is 239 Å². The van der Waals surface area contributed by atoms with Gasteiger partial charge in [-0.2, -0.15) is 0 Å². The number of rotatable bonds is 7. The molecule has 10 nitrogen and oxygen atoms in total. The number of hydrogen-bond acceptors (Lipinski definition) is 6. The molecule has 3 aliphatic rings. The van der Waals surface area contributed by atoms with Crippen molar-refractivity contribution in [3.8, 4) is 0 Å². The zero-order valence-corrected chi connectivity index (χ0v) is 23.9. The molecule has 5 amide bonds. The highest BCUT2D eigenvalue weighted by Gasteiger charge is 2.58. The second-order valence-electron chi connectivity index (χ2n) is 11.6. The van der Waals surface area contributed by atoms with Crippen LogP contribution in [0.25, 0.3) is 0 Å². The first-order valence-corrected chi connectivity index (χ1v) is 14.1. The van der Waals surface area contributed by atoms with Crippen LogP contribution in [-0.2, 0) is 9.59 Å². The number of nitrogens with one attached hydrogen (secondary N) is 3. The predicted molar refractivity (Wildman–Crippen MR) is 153 cm³/mol. The third-order valence-corrected chi connectivity index (χ3v) is 8.37. The van der Waals surface area contributed by atoms with Crippen LogP contribution in [0.1, 0.15) is 42.6 Å². The second kappa shape index (κ2) is 11.1. The van der Waals surface area contributed by atoms with Crippen molar-refractivity contribution in [2.75, 3.05) is 43.4 Å². The maximum absolute atomic E-state index is 14.3. The molecule has 1 spiro atoms. The standard InChI is InChI=1S/C30H37FN6O4/c1-18(2)25(34-26(38)23-15-19(3)5-10-24(23)31)27(39)36-13-11-30(12-14-36)28(40)35(4)29(41)37(30)22-8-6-20(7-9-22)33-21-16-32-17-21/h5-10,15,18,21,25,32-33H,11-14,16-17H2,1-4H3,(H,34,38)/t25-/m1/s1. The third-order valence-electron chi connectivity index (χ3n) is 8.37. The molecule has 0 aromatic heterocycles. The van der Waals surface area contributed by atoms with E-state index in [1.54, 1.807) is 22.8 Å². The van der Waals surface area contributed by atoms with E-state index in [4.69, 9.17) is 0 Å². The minimum Gasteiger partial charge on any atom is -0.380 e. The lowest BCUT2D eigenvalue weighted by Gasteiger charge is -2.43. The molecule has 3 heterocycles. The molecule has 218 valence electrons. The van der Waals surface area contributed by atoms with Gasteiger partial charge in [-0.15, -0.1) is 0 Å². The van der Waals surface area contributed by atoms with Gasteiger partial charge in [0.25, 0.3) is 11.8 Å². The van der Waals surface area contributed by atoms with E-state index in [0.29, 0.717) is 11.7 Å². The van der Waals surface area contributed by atoms with Gasteiger partial charge < -0.3 is 20.9 Å². The number of benzene rings is 2. The van der Waals surface area contributed by atoms with Crippen LogP contribution in [0.4, 0.5) is 20.6 Å². The van der Waals surface area contributed by atoms with E-state index in [1.807, 2.05) is 38.1 Å². The molecule has 0 aliphatic carbocycles. The average molecular weight is 565 g/mol. The summed E-state index contributed by atoms with van der Waals surface area (Å²) >= 11 is 0. The Morgan fingerprint density at radius 1 is 1.05 bits per heavy atom. The summed E-state index contributed by atoms with van der Waals surface area (Å²) in [7, 11) is 1.48. The predicted octanol–water partition coefficient (Wildman–Crippen LogP) is 2.73. The van der Waals surface area contributed by atoms with Crippen LogP contribution in [-0.4, -0.2) is 84.4 Å². The Kier molecular flexibility index (Phi) is 7.74. The van der Waals surface area contributed by atoms with E-state index in [2.05, 4.69) is 16.0 Å². The van der Waals surface area contributed by atoms with Gasteiger partial charge in [0.05, 0.1) is 11.6 Å². The van der Waals surface area contributed by atoms with Crippen LogP contribution in [0.3, 0.4) is 0 Å². The normalized spacial score (nSPS) is 19.5. The van der Waals surface area contributed by atoms with Gasteiger partial charge >= 0.3 is 6.03 Å². The van der Waals surface area contributed by atoms with Crippen LogP contribution in [0, 0.1) is 18.7 Å². The van der Waals surface area contributed by atoms with Crippen molar-refractivity contribution >= 4 is 35.1 Å². The first-order chi connectivity index (χ1) is 19.5. The molecule has 3 aliphatic heterocycles. The molecule has 1 atom stereocenters. The Morgan fingerprint density at radius 3 is 2.29 bits per heavy atom. The van der Waals surface area contributed by atoms with Gasteiger partial charge in [-0.3, -0.25) is 24.2 Å². The van der Waals surface area contributed by atoms with Gasteiger partial charge in [0, 0.05) is 44.6 Å². The highest BCUT2D eigenvalue weighted by molar-refractivity contribution is 6.16. The first-order valence-electron chi connectivity index (χ1n) is 14.1. The van der Waals surface area contributed by atoms with Crippen molar-refractivity contribution in [2.24, 2.45) is 5.92 Å². The molecule has 41 heavy (non-hydrogen) atoms. The maximum atomic E-state index is 14.3. The zero-order valence-electron chi connectivity index (χ0n) is 23.9. The highest BCUT2D eigenvalue weighted by atomic mass is 19.1. The summed E-state index contributed by atoms with van der Waals surface area (Å²) < 4.78 is 14.3. The average Bonchev–Trinajstić information content (AvgIpc) is 3.11. The van der Waals surface area contributed by atoms with Crippen LogP contribution < -0.4 is 20.9 Å². The minimum absolute atomic E-state index is 0.111. The van der Waals surface area contributed by atoms with Gasteiger partial charge in [-0.25, -0.2) is 9.18 Å². The smallest absolute Gasteiger partial charge is 0.331 e. The monoisotopic (exact) mass is 564 g/mol. The topological polar surface area (TPSA) is 114 Å². The van der Waals surface area contributed by atoms with Crippen LogP contribution in [0.2, 0.25) is 0 Å². The van der Waals surface area contributed by atoms with Gasteiger partial charge in [0.2, 0.25) is 5.91 Å². The summed E-state index contributed by atoms with van der Waals surface area (Å²) in [6, 6.07) is 10.9. The number of aryl methyl sites for hydroxylation is 1. The van der Waals surface area contributed by atoms with Crippen LogP contribution in [0.5, 0.6) is 0 Å². The van der Waals surface area contributed by atoms with Gasteiger partial charge in [-0.05, 0) is 62.1 Å². The number of carbonyl (C=O) groups is 4. The van der Waals surface area contributed by atoms with Crippen molar-refractivity contribution < 1.29 is 23.6 Å². The fraction of sp³-hybridized carbons (Fsp3) is 0.467. The number of likely N-dealkylation sites (N-methyl/N-ethyl adjacent to an activating group) is 1. The number of imide groups is 1. The van der Waals surface area contributed by atoms with Crippen LogP contribution >= 0.6 is 0 Å². The molecule has 0 unspecified atom stereocenters. The van der Waals surface area contributed by atoms with Gasteiger partial charge in [-0.1, -0.05) is 25.5 Å². The number of hydrogen-bond donors (Lipinski definition) is 3. The molecule has 0 radical (unpaired) electrons. The van der Waals surface area contributed by atoms with Crippen molar-refractivity contribution in [1.82, 2.24) is 20.4 Å². The minimum atomic E-state index is -1.10. The van der Waals surface area contributed by atoms with Crippen LogP contribution in [0.15, 0.2) is 42.5 Å². The van der Waals surface area contributed by atoms with E-state index in [0.717, 1.165) is 29.2 Å². The largest absolute Gasteiger partial charge is 0.380 e. The van der Waals surface area contributed by atoms with E-state index in [1.165, 1.54) is 19.2 Å².